The van der Waals surface area contributed by atoms with Gasteiger partial charge >= 0.3 is 0 Å². The van der Waals surface area contributed by atoms with E-state index in [1.165, 1.54) is 18.5 Å². The average molecular weight is 605 g/mol. The van der Waals surface area contributed by atoms with E-state index in [0.29, 0.717) is 47.0 Å². The molecule has 0 aliphatic carbocycles. The Bertz CT molecular complexity index is 1730. The van der Waals surface area contributed by atoms with E-state index in [1.54, 1.807) is 30.5 Å². The van der Waals surface area contributed by atoms with Crippen LogP contribution in [0.5, 0.6) is 5.75 Å². The Morgan fingerprint density at radius 3 is 2.76 bits per heavy atom. The van der Waals surface area contributed by atoms with Gasteiger partial charge in [-0.25, -0.2) is 14.4 Å². The zero-order chi connectivity index (χ0) is 29.5. The molecule has 2 N–H and O–H groups in total. The van der Waals surface area contributed by atoms with Gasteiger partial charge in [-0.2, -0.15) is 0 Å². The highest BCUT2D eigenvalue weighted by atomic mass is 35.5. The number of fused-ring (bicyclic) bond motifs is 1. The standard InChI is InChI=1S/C32H30ClFN4O3S/c1-3-13-35-28(19-42(2)39)31-12-11-29(41-31)23-8-9-27-25(16-23)32(38-20-37-27)36-17-21-7-10-30(26(33)15-21)40-18-22-5-4-6-24(34)14-22/h3-12,14-16,20,28,35H,1,13,17-19H2,2H3,(H,36,37,38). The molecule has 0 bridgehead atoms. The summed E-state index contributed by atoms with van der Waals surface area (Å²) < 4.78 is 37.3. The van der Waals surface area contributed by atoms with Gasteiger partial charge in [0.1, 0.15) is 41.8 Å². The largest absolute Gasteiger partial charge is 0.487 e. The molecule has 5 rings (SSSR count). The number of ether oxygens (including phenoxy) is 1. The third-order valence-corrected chi connectivity index (χ3v) is 7.64. The second kappa shape index (κ2) is 13.7. The van der Waals surface area contributed by atoms with Crippen molar-refractivity contribution >= 4 is 39.1 Å². The first-order valence-electron chi connectivity index (χ1n) is 13.3. The molecule has 0 amide bonds. The molecule has 42 heavy (non-hydrogen) atoms. The van der Waals surface area contributed by atoms with Gasteiger partial charge in [-0.3, -0.25) is 4.21 Å². The van der Waals surface area contributed by atoms with Crippen LogP contribution >= 0.6 is 11.6 Å². The lowest BCUT2D eigenvalue weighted by molar-refractivity contribution is 0.305. The Morgan fingerprint density at radius 2 is 1.98 bits per heavy atom. The summed E-state index contributed by atoms with van der Waals surface area (Å²) >= 11 is 6.48. The van der Waals surface area contributed by atoms with E-state index in [0.717, 1.165) is 27.6 Å². The second-order valence-corrected chi connectivity index (χ2v) is 11.6. The number of aromatic nitrogens is 2. The molecule has 5 aromatic rings. The minimum atomic E-state index is -0.997. The van der Waals surface area contributed by atoms with Crippen molar-refractivity contribution in [1.82, 2.24) is 15.3 Å². The summed E-state index contributed by atoms with van der Waals surface area (Å²) in [6.45, 7) is 5.01. The fourth-order valence-electron chi connectivity index (χ4n) is 4.49. The minimum absolute atomic E-state index is 0.187. The number of benzene rings is 3. The fourth-order valence-corrected chi connectivity index (χ4v) is 5.50. The summed E-state index contributed by atoms with van der Waals surface area (Å²) in [6.07, 6.45) is 4.96. The summed E-state index contributed by atoms with van der Waals surface area (Å²) in [5, 5.41) is 7.99. The number of hydrogen-bond donors (Lipinski definition) is 2. The molecule has 216 valence electrons. The number of nitrogens with zero attached hydrogens (tertiary/aromatic N) is 2. The van der Waals surface area contributed by atoms with Gasteiger partial charge in [-0.05, 0) is 65.7 Å². The average Bonchev–Trinajstić information content (AvgIpc) is 3.48. The van der Waals surface area contributed by atoms with Crippen LogP contribution in [0, 0.1) is 5.82 Å². The zero-order valence-electron chi connectivity index (χ0n) is 23.0. The smallest absolute Gasteiger partial charge is 0.138 e. The van der Waals surface area contributed by atoms with E-state index in [2.05, 4.69) is 27.2 Å². The Kier molecular flexibility index (Phi) is 9.63. The van der Waals surface area contributed by atoms with E-state index in [-0.39, 0.29) is 18.5 Å². The molecule has 0 radical (unpaired) electrons. The van der Waals surface area contributed by atoms with Crippen molar-refractivity contribution in [2.24, 2.45) is 0 Å². The monoisotopic (exact) mass is 604 g/mol. The first-order valence-corrected chi connectivity index (χ1v) is 15.4. The molecule has 2 aromatic heterocycles. The summed E-state index contributed by atoms with van der Waals surface area (Å²) in [5.41, 5.74) is 3.31. The molecule has 0 saturated heterocycles. The maximum absolute atomic E-state index is 13.4. The molecule has 7 nitrogen and oxygen atoms in total. The van der Waals surface area contributed by atoms with Gasteiger partial charge < -0.3 is 19.8 Å². The van der Waals surface area contributed by atoms with Crippen LogP contribution in [0.1, 0.15) is 22.9 Å². The van der Waals surface area contributed by atoms with Crippen LogP contribution in [0.25, 0.3) is 22.2 Å². The topological polar surface area (TPSA) is 89.3 Å². The molecule has 2 unspecified atom stereocenters. The maximum Gasteiger partial charge on any atom is 0.138 e. The van der Waals surface area contributed by atoms with Crippen LogP contribution in [-0.2, 0) is 24.0 Å². The van der Waals surface area contributed by atoms with Crippen molar-refractivity contribution in [2.45, 2.75) is 19.2 Å². The number of anilines is 1. The Hall–Kier alpha value is -4.05. The SMILES string of the molecule is C=CCNC(CS(C)=O)c1ccc(-c2ccc3ncnc(NCc4ccc(OCc5cccc(F)c5)c(Cl)c4)c3c2)o1. The predicted molar refractivity (Wildman–Crippen MR) is 167 cm³/mol. The maximum atomic E-state index is 13.4. The van der Waals surface area contributed by atoms with E-state index >= 15 is 0 Å². The van der Waals surface area contributed by atoms with Crippen molar-refractivity contribution in [2.75, 3.05) is 23.9 Å². The minimum Gasteiger partial charge on any atom is -0.487 e. The van der Waals surface area contributed by atoms with Gasteiger partial charge in [-0.1, -0.05) is 35.9 Å². The van der Waals surface area contributed by atoms with Crippen LogP contribution in [0.3, 0.4) is 0 Å². The van der Waals surface area contributed by atoms with Gasteiger partial charge in [0.25, 0.3) is 0 Å². The van der Waals surface area contributed by atoms with Crippen molar-refractivity contribution < 1.29 is 17.8 Å². The molecule has 2 atom stereocenters. The predicted octanol–water partition coefficient (Wildman–Crippen LogP) is 7.07. The lowest BCUT2D eigenvalue weighted by Crippen LogP contribution is -2.25. The molecular weight excluding hydrogens is 575 g/mol. The van der Waals surface area contributed by atoms with E-state index in [9.17, 15) is 8.60 Å². The van der Waals surface area contributed by atoms with E-state index < -0.39 is 10.8 Å². The summed E-state index contributed by atoms with van der Waals surface area (Å²) in [5.74, 6) is 2.72. The summed E-state index contributed by atoms with van der Waals surface area (Å²) in [4.78, 5) is 8.88. The lowest BCUT2D eigenvalue weighted by Gasteiger charge is -2.14. The van der Waals surface area contributed by atoms with Crippen LogP contribution in [0.2, 0.25) is 5.02 Å². The highest BCUT2D eigenvalue weighted by molar-refractivity contribution is 7.84. The first-order chi connectivity index (χ1) is 20.4. The van der Waals surface area contributed by atoms with Gasteiger partial charge in [0.05, 0.1) is 16.6 Å². The zero-order valence-corrected chi connectivity index (χ0v) is 24.6. The molecule has 3 aromatic carbocycles. The summed E-state index contributed by atoms with van der Waals surface area (Å²) in [7, 11) is -0.997. The van der Waals surface area contributed by atoms with Crippen molar-refractivity contribution in [3.8, 4) is 17.1 Å². The Balaban J connectivity index is 1.30. The fraction of sp³-hybridized carbons (Fsp3) is 0.188. The van der Waals surface area contributed by atoms with Gasteiger partial charge in [-0.15, -0.1) is 6.58 Å². The first kappa shape index (κ1) is 29.4. The molecule has 0 aliphatic rings. The molecule has 0 aliphatic heterocycles. The highest BCUT2D eigenvalue weighted by Gasteiger charge is 2.18. The second-order valence-electron chi connectivity index (χ2n) is 9.68. The van der Waals surface area contributed by atoms with Crippen LogP contribution in [0.4, 0.5) is 10.2 Å². The van der Waals surface area contributed by atoms with Crippen LogP contribution in [-0.4, -0.2) is 32.7 Å². The lowest BCUT2D eigenvalue weighted by atomic mass is 10.1. The van der Waals surface area contributed by atoms with Crippen molar-refractivity contribution in [3.05, 3.63) is 120 Å². The Morgan fingerprint density at radius 1 is 1.10 bits per heavy atom. The third kappa shape index (κ3) is 7.42. The van der Waals surface area contributed by atoms with Crippen molar-refractivity contribution in [1.29, 1.82) is 0 Å². The van der Waals surface area contributed by atoms with Crippen LogP contribution in [0.15, 0.2) is 96.2 Å². The van der Waals surface area contributed by atoms with Gasteiger partial charge in [0.2, 0.25) is 0 Å². The number of hydrogen-bond acceptors (Lipinski definition) is 7. The number of rotatable bonds is 13. The molecular formula is C32H30ClFN4O3S. The molecule has 0 spiro atoms. The number of nitrogens with one attached hydrogen (secondary N) is 2. The molecule has 2 heterocycles. The molecule has 0 fully saturated rings. The third-order valence-electron chi connectivity index (χ3n) is 6.54. The highest BCUT2D eigenvalue weighted by Crippen LogP contribution is 2.31. The number of halogens is 2. The van der Waals surface area contributed by atoms with Crippen LogP contribution < -0.4 is 15.4 Å². The van der Waals surface area contributed by atoms with Gasteiger partial charge in [0, 0.05) is 46.8 Å². The molecule has 0 saturated carbocycles. The summed E-state index contributed by atoms with van der Waals surface area (Å²) in [6, 6.07) is 21.3. The number of furan rings is 1. The Labute approximate surface area is 251 Å². The van der Waals surface area contributed by atoms with Gasteiger partial charge in [0.15, 0.2) is 0 Å². The normalized spacial score (nSPS) is 12.6. The quantitative estimate of drug-likeness (QED) is 0.139. The van der Waals surface area contributed by atoms with E-state index in [1.807, 2.05) is 42.5 Å². The van der Waals surface area contributed by atoms with E-state index in [4.69, 9.17) is 20.8 Å². The molecule has 10 heteroatoms. The van der Waals surface area contributed by atoms with Crippen molar-refractivity contribution in [3.63, 3.8) is 0 Å².